The fraction of sp³-hybridized carbons (Fsp3) is 0.190. The first-order chi connectivity index (χ1) is 15.4. The van der Waals surface area contributed by atoms with Crippen LogP contribution in [0.4, 0.5) is 19.0 Å². The Balaban J connectivity index is 2.12. The first-order valence-corrected chi connectivity index (χ1v) is 9.41. The number of hydrogen-bond acceptors (Lipinski definition) is 7. The van der Waals surface area contributed by atoms with Crippen molar-refractivity contribution >= 4 is 17.6 Å². The maximum absolute atomic E-state index is 13.5. The lowest BCUT2D eigenvalue weighted by atomic mass is 9.89. The number of aromatic nitrogens is 3. The van der Waals surface area contributed by atoms with Crippen LogP contribution in [0.2, 0.25) is 0 Å². The highest BCUT2D eigenvalue weighted by Gasteiger charge is 2.60. The van der Waals surface area contributed by atoms with Crippen molar-refractivity contribution in [3.8, 4) is 22.5 Å². The van der Waals surface area contributed by atoms with E-state index in [1.165, 1.54) is 31.6 Å². The first-order valence-electron chi connectivity index (χ1n) is 9.41. The molecule has 172 valence electrons. The predicted molar refractivity (Wildman–Crippen MR) is 112 cm³/mol. The summed E-state index contributed by atoms with van der Waals surface area (Å²) in [5.41, 5.74) is 7.69. The second-order valence-corrected chi connectivity index (χ2v) is 7.10. The number of nitrogens with zero attached hydrogens (tertiary/aromatic N) is 3. The summed E-state index contributed by atoms with van der Waals surface area (Å²) in [4.78, 5) is 35.7. The Kier molecular flexibility index (Phi) is 6.05. The number of amides is 2. The van der Waals surface area contributed by atoms with Crippen molar-refractivity contribution in [1.29, 1.82) is 0 Å². The standard InChI is InChI=1S/C21H19F3N6O3/c1-10-3-5-12(20(33,19(26)32)21(22,23)24)7-13(10)15-9-29-17(25)16(30-15)11-4-6-14(28-8-11)18(31)27-2/h3-9,33H,1-2H3,(H2,25,29)(H2,26,32)(H,27,31). The number of rotatable bonds is 5. The molecule has 0 spiro atoms. The van der Waals surface area contributed by atoms with E-state index in [2.05, 4.69) is 20.3 Å². The molecule has 2 heterocycles. The topological polar surface area (TPSA) is 157 Å². The number of anilines is 1. The summed E-state index contributed by atoms with van der Waals surface area (Å²) < 4.78 is 40.5. The minimum atomic E-state index is -5.35. The lowest BCUT2D eigenvalue weighted by Crippen LogP contribution is -2.52. The van der Waals surface area contributed by atoms with Crippen molar-refractivity contribution in [3.63, 3.8) is 0 Å². The molecule has 0 aliphatic rings. The number of aryl methyl sites for hydroxylation is 1. The second-order valence-electron chi connectivity index (χ2n) is 7.10. The van der Waals surface area contributed by atoms with E-state index in [1.54, 1.807) is 13.0 Å². The molecule has 2 amide bonds. The van der Waals surface area contributed by atoms with Gasteiger partial charge in [0, 0.05) is 29.9 Å². The highest BCUT2D eigenvalue weighted by Crippen LogP contribution is 2.40. The molecule has 0 aliphatic heterocycles. The van der Waals surface area contributed by atoms with Crippen LogP contribution in [-0.4, -0.2) is 45.1 Å². The molecule has 1 unspecified atom stereocenters. The van der Waals surface area contributed by atoms with E-state index in [4.69, 9.17) is 11.5 Å². The molecule has 1 aromatic carbocycles. The lowest BCUT2D eigenvalue weighted by Gasteiger charge is -2.28. The van der Waals surface area contributed by atoms with Crippen molar-refractivity contribution in [3.05, 3.63) is 59.5 Å². The Morgan fingerprint density at radius 2 is 1.79 bits per heavy atom. The average molecular weight is 460 g/mol. The molecule has 0 aliphatic carbocycles. The van der Waals surface area contributed by atoms with E-state index >= 15 is 0 Å². The average Bonchev–Trinajstić information content (AvgIpc) is 2.78. The summed E-state index contributed by atoms with van der Waals surface area (Å²) in [5.74, 6) is -2.34. The molecule has 1 atom stereocenters. The largest absolute Gasteiger partial charge is 0.430 e. The normalized spacial score (nSPS) is 13.3. The molecule has 33 heavy (non-hydrogen) atoms. The van der Waals surface area contributed by atoms with Crippen molar-refractivity contribution in [2.75, 3.05) is 12.8 Å². The zero-order valence-corrected chi connectivity index (χ0v) is 17.4. The van der Waals surface area contributed by atoms with Crippen LogP contribution < -0.4 is 16.8 Å². The van der Waals surface area contributed by atoms with Crippen LogP contribution in [0.15, 0.2) is 42.7 Å². The Bertz CT molecular complexity index is 1230. The number of aliphatic hydroxyl groups is 1. The number of carbonyl (C=O) groups excluding carboxylic acids is 2. The molecule has 9 nitrogen and oxygen atoms in total. The molecule has 0 radical (unpaired) electrons. The number of benzene rings is 1. The molecule has 6 N–H and O–H groups in total. The third-order valence-electron chi connectivity index (χ3n) is 5.00. The van der Waals surface area contributed by atoms with Gasteiger partial charge in [-0.1, -0.05) is 12.1 Å². The van der Waals surface area contributed by atoms with Gasteiger partial charge in [-0.3, -0.25) is 14.6 Å². The van der Waals surface area contributed by atoms with Gasteiger partial charge in [0.2, 0.25) is 0 Å². The van der Waals surface area contributed by atoms with E-state index in [9.17, 15) is 27.9 Å². The fourth-order valence-electron chi connectivity index (χ4n) is 3.11. The molecule has 0 bridgehead atoms. The van der Waals surface area contributed by atoms with E-state index in [0.29, 0.717) is 11.1 Å². The molecule has 3 aromatic rings. The third kappa shape index (κ3) is 4.20. The van der Waals surface area contributed by atoms with Crippen LogP contribution in [0, 0.1) is 6.92 Å². The molecule has 12 heteroatoms. The van der Waals surface area contributed by atoms with Crippen molar-refractivity contribution in [1.82, 2.24) is 20.3 Å². The number of nitrogens with one attached hydrogen (secondary N) is 1. The van der Waals surface area contributed by atoms with E-state index in [1.807, 2.05) is 0 Å². The molecular weight excluding hydrogens is 441 g/mol. The van der Waals surface area contributed by atoms with Gasteiger partial charge in [-0.15, -0.1) is 0 Å². The zero-order valence-electron chi connectivity index (χ0n) is 17.4. The van der Waals surface area contributed by atoms with Gasteiger partial charge in [-0.2, -0.15) is 13.2 Å². The first kappa shape index (κ1) is 23.6. The number of primary amides is 1. The number of nitrogen functional groups attached to an aromatic ring is 1. The summed E-state index contributed by atoms with van der Waals surface area (Å²) in [6.45, 7) is 1.60. The summed E-state index contributed by atoms with van der Waals surface area (Å²) in [5, 5.41) is 12.6. The van der Waals surface area contributed by atoms with Crippen LogP contribution in [-0.2, 0) is 10.4 Å². The number of halogens is 3. The Morgan fingerprint density at radius 1 is 1.09 bits per heavy atom. The smallest absolute Gasteiger partial charge is 0.382 e. The summed E-state index contributed by atoms with van der Waals surface area (Å²) in [6.07, 6.45) is -2.75. The second kappa shape index (κ2) is 8.47. The van der Waals surface area contributed by atoms with Gasteiger partial charge in [0.1, 0.15) is 17.2 Å². The SMILES string of the molecule is CNC(=O)c1ccc(-c2nc(-c3cc(C(O)(C(N)=O)C(F)(F)F)ccc3C)cnc2N)cn1. The van der Waals surface area contributed by atoms with Crippen LogP contribution >= 0.6 is 0 Å². The van der Waals surface area contributed by atoms with Gasteiger partial charge < -0.3 is 21.9 Å². The molecular formula is C21H19F3N6O3. The highest BCUT2D eigenvalue weighted by molar-refractivity contribution is 5.92. The minimum absolute atomic E-state index is 0.0194. The van der Waals surface area contributed by atoms with Crippen molar-refractivity contribution in [2.24, 2.45) is 5.73 Å². The summed E-state index contributed by atoms with van der Waals surface area (Å²) in [7, 11) is 1.46. The molecule has 3 rings (SSSR count). The summed E-state index contributed by atoms with van der Waals surface area (Å²) in [6, 6.07) is 6.22. The molecule has 2 aromatic heterocycles. The van der Waals surface area contributed by atoms with Crippen molar-refractivity contribution in [2.45, 2.75) is 18.7 Å². The van der Waals surface area contributed by atoms with Gasteiger partial charge in [-0.05, 0) is 30.7 Å². The minimum Gasteiger partial charge on any atom is -0.382 e. The van der Waals surface area contributed by atoms with Gasteiger partial charge in [0.05, 0.1) is 11.9 Å². The van der Waals surface area contributed by atoms with E-state index in [-0.39, 0.29) is 28.5 Å². The molecule has 0 saturated carbocycles. The Morgan fingerprint density at radius 3 is 2.33 bits per heavy atom. The van der Waals surface area contributed by atoms with E-state index in [0.717, 1.165) is 12.1 Å². The number of alkyl halides is 3. The number of nitrogens with two attached hydrogens (primary N) is 2. The molecule has 0 saturated heterocycles. The maximum atomic E-state index is 13.5. The zero-order chi connectivity index (χ0) is 24.6. The molecule has 0 fully saturated rings. The van der Waals surface area contributed by atoms with Crippen LogP contribution in [0.25, 0.3) is 22.5 Å². The summed E-state index contributed by atoms with van der Waals surface area (Å²) >= 11 is 0. The van der Waals surface area contributed by atoms with E-state index < -0.39 is 29.2 Å². The highest BCUT2D eigenvalue weighted by atomic mass is 19.4. The van der Waals surface area contributed by atoms with Gasteiger partial charge in [-0.25, -0.2) is 9.97 Å². The number of carbonyl (C=O) groups is 2. The van der Waals surface area contributed by atoms with Gasteiger partial charge in [0.15, 0.2) is 0 Å². The quantitative estimate of drug-likeness (QED) is 0.451. The fourth-order valence-corrected chi connectivity index (χ4v) is 3.11. The number of pyridine rings is 1. The van der Waals surface area contributed by atoms with Crippen LogP contribution in [0.5, 0.6) is 0 Å². The van der Waals surface area contributed by atoms with Gasteiger partial charge >= 0.3 is 6.18 Å². The number of hydrogen-bond donors (Lipinski definition) is 4. The Hall–Kier alpha value is -4.06. The maximum Gasteiger partial charge on any atom is 0.430 e. The monoisotopic (exact) mass is 460 g/mol. The Labute approximate surface area is 185 Å². The van der Waals surface area contributed by atoms with Crippen LogP contribution in [0.3, 0.4) is 0 Å². The predicted octanol–water partition coefficient (Wildman–Crippen LogP) is 1.69. The lowest BCUT2D eigenvalue weighted by molar-refractivity contribution is -0.255. The van der Waals surface area contributed by atoms with Crippen LogP contribution in [0.1, 0.15) is 21.6 Å². The van der Waals surface area contributed by atoms with Gasteiger partial charge in [0.25, 0.3) is 17.4 Å². The third-order valence-corrected chi connectivity index (χ3v) is 5.00. The van der Waals surface area contributed by atoms with Crippen molar-refractivity contribution < 1.29 is 27.9 Å².